The Bertz CT molecular complexity index is 812. The van der Waals surface area contributed by atoms with Gasteiger partial charge in [0.15, 0.2) is 5.69 Å². The Hall–Kier alpha value is -1.25. The topological polar surface area (TPSA) is 55.1 Å². The molecule has 0 atom stereocenters. The molecule has 25 heavy (non-hydrogen) atoms. The van der Waals surface area contributed by atoms with Crippen LogP contribution in [0.25, 0.3) is 5.69 Å². The summed E-state index contributed by atoms with van der Waals surface area (Å²) < 4.78 is 39.8. The number of carboxylic acid groups (broad SMARTS) is 1. The number of benzene rings is 1. The number of aromatic nitrogens is 2. The molecule has 2 rings (SSSR count). The molecule has 0 aliphatic heterocycles. The fourth-order valence-electron chi connectivity index (χ4n) is 2.24. The van der Waals surface area contributed by atoms with Crippen molar-refractivity contribution in [3.05, 3.63) is 43.6 Å². The molecule has 0 aliphatic carbocycles. The zero-order chi connectivity index (χ0) is 19.1. The van der Waals surface area contributed by atoms with E-state index in [9.17, 15) is 23.1 Å². The van der Waals surface area contributed by atoms with E-state index in [0.717, 1.165) is 4.68 Å². The van der Waals surface area contributed by atoms with Crippen molar-refractivity contribution in [2.24, 2.45) is 5.92 Å². The molecule has 0 bridgehead atoms. The van der Waals surface area contributed by atoms with Crippen molar-refractivity contribution < 1.29 is 23.1 Å². The highest BCUT2D eigenvalue weighted by molar-refractivity contribution is 9.10. The first-order valence-electron chi connectivity index (χ1n) is 7.00. The average molecular weight is 460 g/mol. The zero-order valence-electron chi connectivity index (χ0n) is 13.0. The summed E-state index contributed by atoms with van der Waals surface area (Å²) in [5, 5.41) is 13.0. The van der Waals surface area contributed by atoms with Gasteiger partial charge in [0.1, 0.15) is 5.69 Å². The van der Waals surface area contributed by atoms with Crippen LogP contribution in [-0.4, -0.2) is 20.9 Å². The maximum atomic E-state index is 12.9. The molecule has 10 heteroatoms. The largest absolute Gasteiger partial charge is 0.476 e. The van der Waals surface area contributed by atoms with Gasteiger partial charge < -0.3 is 5.11 Å². The lowest BCUT2D eigenvalue weighted by atomic mass is 10.1. The van der Waals surface area contributed by atoms with Gasteiger partial charge in [0.2, 0.25) is 0 Å². The van der Waals surface area contributed by atoms with Gasteiger partial charge in [-0.25, -0.2) is 9.48 Å². The van der Waals surface area contributed by atoms with E-state index in [-0.39, 0.29) is 31.8 Å². The zero-order valence-corrected chi connectivity index (χ0v) is 16.1. The van der Waals surface area contributed by atoms with Crippen molar-refractivity contribution in [3.63, 3.8) is 0 Å². The van der Waals surface area contributed by atoms with Crippen molar-refractivity contribution in [2.45, 2.75) is 26.4 Å². The van der Waals surface area contributed by atoms with E-state index < -0.39 is 17.7 Å². The Kier molecular flexibility index (Phi) is 5.75. The van der Waals surface area contributed by atoms with Crippen molar-refractivity contribution >= 4 is 45.1 Å². The normalized spacial score (nSPS) is 12.0. The van der Waals surface area contributed by atoms with E-state index >= 15 is 0 Å². The molecule has 136 valence electrons. The van der Waals surface area contributed by atoms with Crippen LogP contribution in [0.5, 0.6) is 0 Å². The Morgan fingerprint density at radius 3 is 2.24 bits per heavy atom. The maximum Gasteiger partial charge on any atom is 0.416 e. The molecule has 1 N–H and O–H groups in total. The van der Waals surface area contributed by atoms with Gasteiger partial charge in [0.05, 0.1) is 25.8 Å². The minimum atomic E-state index is -4.63. The van der Waals surface area contributed by atoms with Gasteiger partial charge in [-0.15, -0.1) is 0 Å². The molecule has 0 spiro atoms. The summed E-state index contributed by atoms with van der Waals surface area (Å²) in [6.07, 6.45) is -4.17. The smallest absolute Gasteiger partial charge is 0.416 e. The molecule has 1 aromatic heterocycles. The summed E-state index contributed by atoms with van der Waals surface area (Å²) in [5.41, 5.74) is -0.972. The third kappa shape index (κ3) is 4.12. The summed E-state index contributed by atoms with van der Waals surface area (Å²) in [4.78, 5) is 11.6. The van der Waals surface area contributed by atoms with E-state index in [0.29, 0.717) is 24.2 Å². The highest BCUT2D eigenvalue weighted by Gasteiger charge is 2.33. The predicted molar refractivity (Wildman–Crippen MR) is 91.8 cm³/mol. The number of carbonyl (C=O) groups is 1. The van der Waals surface area contributed by atoms with Crippen molar-refractivity contribution in [1.29, 1.82) is 0 Å². The van der Waals surface area contributed by atoms with Crippen LogP contribution in [0.4, 0.5) is 13.2 Å². The third-order valence-corrected chi connectivity index (χ3v) is 4.66. The highest BCUT2D eigenvalue weighted by atomic mass is 79.9. The summed E-state index contributed by atoms with van der Waals surface area (Å²) in [5.74, 6) is -1.14. The van der Waals surface area contributed by atoms with Gasteiger partial charge in [-0.05, 0) is 40.4 Å². The molecule has 1 heterocycles. The van der Waals surface area contributed by atoms with Gasteiger partial charge in [0, 0.05) is 0 Å². The standard InChI is InChI=1S/C15H12BrCl2F3N2O2/c1-6(2)3-10-11(16)13(14(24)25)23(22-10)12-8(17)4-7(5-9(12)18)15(19,20)21/h4-6H,3H2,1-2H3,(H,24,25). The lowest BCUT2D eigenvalue weighted by Crippen LogP contribution is -2.11. The second kappa shape index (κ2) is 7.17. The highest BCUT2D eigenvalue weighted by Crippen LogP contribution is 2.39. The van der Waals surface area contributed by atoms with Crippen LogP contribution in [0.1, 0.15) is 35.6 Å². The van der Waals surface area contributed by atoms with Crippen LogP contribution < -0.4 is 0 Å². The van der Waals surface area contributed by atoms with Crippen LogP contribution in [-0.2, 0) is 12.6 Å². The van der Waals surface area contributed by atoms with E-state index in [2.05, 4.69) is 21.0 Å². The molecular weight excluding hydrogens is 448 g/mol. The quantitative estimate of drug-likeness (QED) is 0.623. The Balaban J connectivity index is 2.72. The summed E-state index contributed by atoms with van der Waals surface area (Å²) in [6, 6.07) is 1.37. The lowest BCUT2D eigenvalue weighted by Gasteiger charge is -2.13. The fraction of sp³-hybridized carbons (Fsp3) is 0.333. The summed E-state index contributed by atoms with van der Waals surface area (Å²) in [7, 11) is 0. The van der Waals surface area contributed by atoms with E-state index in [1.54, 1.807) is 0 Å². The van der Waals surface area contributed by atoms with Gasteiger partial charge in [-0.2, -0.15) is 18.3 Å². The summed E-state index contributed by atoms with van der Waals surface area (Å²) >= 11 is 15.1. The fourth-order valence-corrected chi connectivity index (χ4v) is 3.47. The van der Waals surface area contributed by atoms with Gasteiger partial charge in [0.25, 0.3) is 0 Å². The number of hydrogen-bond acceptors (Lipinski definition) is 2. The van der Waals surface area contributed by atoms with Gasteiger partial charge in [-0.3, -0.25) is 0 Å². The van der Waals surface area contributed by atoms with Crippen molar-refractivity contribution in [3.8, 4) is 5.69 Å². The van der Waals surface area contributed by atoms with Crippen LogP contribution >= 0.6 is 39.1 Å². The number of halogens is 6. The molecule has 0 unspecified atom stereocenters. The van der Waals surface area contributed by atoms with E-state index in [1.807, 2.05) is 13.8 Å². The Morgan fingerprint density at radius 1 is 1.32 bits per heavy atom. The molecule has 0 amide bonds. The lowest BCUT2D eigenvalue weighted by molar-refractivity contribution is -0.137. The van der Waals surface area contributed by atoms with E-state index in [1.165, 1.54) is 0 Å². The second-order valence-electron chi connectivity index (χ2n) is 5.71. The van der Waals surface area contributed by atoms with E-state index in [4.69, 9.17) is 23.2 Å². The molecule has 0 radical (unpaired) electrons. The number of hydrogen-bond donors (Lipinski definition) is 1. The van der Waals surface area contributed by atoms with Crippen LogP contribution in [0.2, 0.25) is 10.0 Å². The van der Waals surface area contributed by atoms with Crippen LogP contribution in [0, 0.1) is 5.92 Å². The van der Waals surface area contributed by atoms with Crippen LogP contribution in [0.3, 0.4) is 0 Å². The first kappa shape index (κ1) is 20.1. The van der Waals surface area contributed by atoms with Gasteiger partial charge in [-0.1, -0.05) is 37.0 Å². The SMILES string of the molecule is CC(C)Cc1nn(-c2c(Cl)cc(C(F)(F)F)cc2Cl)c(C(=O)O)c1Br. The van der Waals surface area contributed by atoms with Gasteiger partial charge >= 0.3 is 12.1 Å². The molecular formula is C15H12BrCl2F3N2O2. The Labute approximate surface area is 159 Å². The van der Waals surface area contributed by atoms with Crippen molar-refractivity contribution in [2.75, 3.05) is 0 Å². The minimum Gasteiger partial charge on any atom is -0.476 e. The third-order valence-electron chi connectivity index (χ3n) is 3.25. The monoisotopic (exact) mass is 458 g/mol. The first-order valence-corrected chi connectivity index (χ1v) is 8.55. The minimum absolute atomic E-state index is 0.121. The second-order valence-corrected chi connectivity index (χ2v) is 7.32. The number of aromatic carboxylic acids is 1. The number of carboxylic acids is 1. The average Bonchev–Trinajstić information content (AvgIpc) is 2.73. The predicted octanol–water partition coefficient (Wildman–Crippen LogP) is 5.86. The molecule has 0 fully saturated rings. The number of alkyl halides is 3. The molecule has 0 aliphatic rings. The Morgan fingerprint density at radius 2 is 1.84 bits per heavy atom. The number of nitrogens with zero attached hydrogens (tertiary/aromatic N) is 2. The van der Waals surface area contributed by atoms with Crippen molar-refractivity contribution in [1.82, 2.24) is 9.78 Å². The number of rotatable bonds is 4. The molecule has 2 aromatic rings. The summed E-state index contributed by atoms with van der Waals surface area (Å²) in [6.45, 7) is 3.84. The molecule has 0 saturated carbocycles. The maximum absolute atomic E-state index is 12.9. The van der Waals surface area contributed by atoms with Crippen LogP contribution in [0.15, 0.2) is 16.6 Å². The molecule has 0 saturated heterocycles. The molecule has 4 nitrogen and oxygen atoms in total. The first-order chi connectivity index (χ1) is 11.4. The molecule has 1 aromatic carbocycles.